The second kappa shape index (κ2) is 13.2. The van der Waals surface area contributed by atoms with Crippen molar-refractivity contribution in [2.45, 2.75) is 84.8 Å². The molecule has 0 spiro atoms. The fraction of sp³-hybridized carbons (Fsp3) is 0.545. The van der Waals surface area contributed by atoms with Gasteiger partial charge in [0.25, 0.3) is 5.56 Å². The van der Waals surface area contributed by atoms with Crippen LogP contribution in [0.25, 0.3) is 16.8 Å². The molecule has 3 aromatic heterocycles. The smallest absolute Gasteiger partial charge is 0.410 e. The Hall–Kier alpha value is -4.15. The van der Waals surface area contributed by atoms with Crippen LogP contribution in [-0.2, 0) is 9.47 Å². The minimum Gasteiger partial charge on any atom is -0.493 e. The average Bonchev–Trinajstić information content (AvgIpc) is 3.51. The van der Waals surface area contributed by atoms with Crippen LogP contribution in [0.3, 0.4) is 0 Å². The zero-order chi connectivity index (χ0) is 31.4. The maximum Gasteiger partial charge on any atom is 0.410 e. The van der Waals surface area contributed by atoms with E-state index in [4.69, 9.17) is 14.5 Å². The Morgan fingerprint density at radius 3 is 2.55 bits per heavy atom. The molecule has 2 fully saturated rings. The number of hydrogen-bond acceptors (Lipinski definition) is 9. The zero-order valence-corrected chi connectivity index (χ0v) is 26.7. The number of nitrogens with one attached hydrogen (secondary N) is 1. The van der Waals surface area contributed by atoms with Gasteiger partial charge < -0.3 is 24.6 Å². The number of ether oxygens (including phenoxy) is 2. The van der Waals surface area contributed by atoms with E-state index >= 15 is 0 Å². The molecule has 0 atom stereocenters. The third kappa shape index (κ3) is 6.81. The molecular weight excluding hydrogens is 558 g/mol. The lowest BCUT2D eigenvalue weighted by molar-refractivity contribution is 0.0240. The summed E-state index contributed by atoms with van der Waals surface area (Å²) in [7, 11) is 0. The third-order valence-electron chi connectivity index (χ3n) is 8.24. The Morgan fingerprint density at radius 1 is 1.14 bits per heavy atom. The molecule has 1 aliphatic heterocycles. The van der Waals surface area contributed by atoms with Crippen LogP contribution in [0.15, 0.2) is 35.9 Å². The number of unbranched alkanes of at least 4 members (excludes halogenated alkanes) is 1. The molecule has 0 aromatic carbocycles. The Kier molecular flexibility index (Phi) is 9.41. The summed E-state index contributed by atoms with van der Waals surface area (Å²) in [5.41, 5.74) is 2.12. The number of anilines is 3. The number of aromatic nitrogens is 4. The summed E-state index contributed by atoms with van der Waals surface area (Å²) in [6, 6.07) is 3.94. The molecule has 0 unspecified atom stereocenters. The van der Waals surface area contributed by atoms with Gasteiger partial charge in [-0.3, -0.25) is 9.36 Å². The summed E-state index contributed by atoms with van der Waals surface area (Å²) >= 11 is 0. The second-order valence-electron chi connectivity index (χ2n) is 12.6. The van der Waals surface area contributed by atoms with E-state index in [0.29, 0.717) is 61.5 Å². The van der Waals surface area contributed by atoms with Crippen LogP contribution in [0.4, 0.5) is 22.2 Å². The van der Waals surface area contributed by atoms with Gasteiger partial charge in [0.05, 0.1) is 17.9 Å². The Bertz CT molecular complexity index is 1560. The van der Waals surface area contributed by atoms with Crippen LogP contribution in [0.5, 0.6) is 0 Å². The predicted molar refractivity (Wildman–Crippen MR) is 173 cm³/mol. The quantitative estimate of drug-likeness (QED) is 0.226. The van der Waals surface area contributed by atoms with E-state index in [2.05, 4.69) is 33.7 Å². The van der Waals surface area contributed by atoms with E-state index in [1.165, 1.54) is 0 Å². The highest BCUT2D eigenvalue weighted by Crippen LogP contribution is 2.34. The molecule has 44 heavy (non-hydrogen) atoms. The number of amides is 1. The molecule has 1 aliphatic carbocycles. The van der Waals surface area contributed by atoms with E-state index in [0.717, 1.165) is 55.2 Å². The first-order valence-corrected chi connectivity index (χ1v) is 15.8. The monoisotopic (exact) mass is 603 g/mol. The molecule has 4 heterocycles. The van der Waals surface area contributed by atoms with Gasteiger partial charge in [-0.05, 0) is 64.7 Å². The van der Waals surface area contributed by atoms with Crippen molar-refractivity contribution >= 4 is 40.3 Å². The third-order valence-corrected chi connectivity index (χ3v) is 8.24. The summed E-state index contributed by atoms with van der Waals surface area (Å²) in [4.78, 5) is 44.7. The van der Waals surface area contributed by atoms with Gasteiger partial charge >= 0.3 is 6.09 Å². The molecule has 0 radical (unpaired) electrons. The maximum absolute atomic E-state index is 14.0. The van der Waals surface area contributed by atoms with E-state index in [1.807, 2.05) is 44.4 Å². The highest BCUT2D eigenvalue weighted by atomic mass is 16.6. The van der Waals surface area contributed by atoms with Crippen LogP contribution >= 0.6 is 0 Å². The predicted octanol–water partition coefficient (Wildman–Crippen LogP) is 6.20. The number of aryl methyl sites for hydroxylation is 1. The number of carbonyl (C=O) groups is 1. The molecule has 1 saturated heterocycles. The summed E-state index contributed by atoms with van der Waals surface area (Å²) in [5, 5.41) is 4.12. The van der Waals surface area contributed by atoms with E-state index in [-0.39, 0.29) is 17.7 Å². The Morgan fingerprint density at radius 2 is 1.86 bits per heavy atom. The first-order valence-electron chi connectivity index (χ1n) is 15.8. The van der Waals surface area contributed by atoms with Crippen LogP contribution < -0.4 is 15.8 Å². The molecule has 236 valence electrons. The number of carbonyl (C=O) groups excluding carboxylic acids is 1. The first-order chi connectivity index (χ1) is 21.1. The van der Waals surface area contributed by atoms with Crippen molar-refractivity contribution in [1.82, 2.24) is 24.4 Å². The van der Waals surface area contributed by atoms with Crippen LogP contribution in [0, 0.1) is 6.92 Å². The molecule has 1 N–H and O–H groups in total. The molecular formula is C33H45N7O4. The topological polar surface area (TPSA) is 115 Å². The van der Waals surface area contributed by atoms with Gasteiger partial charge in [-0.2, -0.15) is 4.98 Å². The molecule has 11 nitrogen and oxygen atoms in total. The number of piperazine rings is 1. The number of hydrogen-bond donors (Lipinski definition) is 1. The van der Waals surface area contributed by atoms with Gasteiger partial charge in [-0.1, -0.05) is 32.8 Å². The van der Waals surface area contributed by atoms with Gasteiger partial charge in [0.2, 0.25) is 5.95 Å². The zero-order valence-electron chi connectivity index (χ0n) is 26.7. The van der Waals surface area contributed by atoms with Crippen LogP contribution in [0.2, 0.25) is 0 Å². The lowest BCUT2D eigenvalue weighted by atomic mass is 10.0. The standard InChI is InChI=1S/C33H45N7O4/c1-7-8-20-43-23(3)27-22(2)25-21-35-31(37-29(25)40(30(27)41)24-12-9-10-13-24)36-28-26(14-11-15-34-28)38-16-18-39(19-17-38)32(42)44-33(4,5)6/h11,14-15,21,24H,3,7-10,12-13,16-20H2,1-2,4-6H3,(H,34,35,36,37). The van der Waals surface area contributed by atoms with Gasteiger partial charge in [-0.15, -0.1) is 0 Å². The molecule has 1 amide bonds. The van der Waals surface area contributed by atoms with Crippen molar-refractivity contribution in [2.75, 3.05) is 43.0 Å². The molecule has 2 aliphatic rings. The minimum absolute atomic E-state index is 0.0576. The number of rotatable bonds is 9. The van der Waals surface area contributed by atoms with Crippen molar-refractivity contribution in [2.24, 2.45) is 0 Å². The van der Waals surface area contributed by atoms with Crippen molar-refractivity contribution in [3.8, 4) is 0 Å². The molecule has 11 heteroatoms. The van der Waals surface area contributed by atoms with Crippen LogP contribution in [-0.4, -0.2) is 68.9 Å². The van der Waals surface area contributed by atoms with Crippen molar-refractivity contribution in [3.05, 3.63) is 52.6 Å². The van der Waals surface area contributed by atoms with Crippen molar-refractivity contribution in [1.29, 1.82) is 0 Å². The first kappa shape index (κ1) is 31.3. The molecule has 5 rings (SSSR count). The lowest BCUT2D eigenvalue weighted by Crippen LogP contribution is -2.50. The number of pyridine rings is 2. The fourth-order valence-electron chi connectivity index (χ4n) is 5.95. The van der Waals surface area contributed by atoms with Gasteiger partial charge in [-0.25, -0.2) is 14.8 Å². The highest BCUT2D eigenvalue weighted by Gasteiger charge is 2.28. The minimum atomic E-state index is -0.534. The van der Waals surface area contributed by atoms with Crippen molar-refractivity contribution in [3.63, 3.8) is 0 Å². The Labute approximate surface area is 259 Å². The second-order valence-corrected chi connectivity index (χ2v) is 12.6. The van der Waals surface area contributed by atoms with Crippen molar-refractivity contribution < 1.29 is 14.3 Å². The fourth-order valence-corrected chi connectivity index (χ4v) is 5.95. The summed E-state index contributed by atoms with van der Waals surface area (Å²) in [6.45, 7) is 16.6. The van der Waals surface area contributed by atoms with Gasteiger partial charge in [0.1, 0.15) is 17.0 Å². The van der Waals surface area contributed by atoms with Gasteiger partial charge in [0, 0.05) is 50.0 Å². The maximum atomic E-state index is 14.0. The van der Waals surface area contributed by atoms with E-state index < -0.39 is 5.60 Å². The largest absolute Gasteiger partial charge is 0.493 e. The molecule has 1 saturated carbocycles. The number of nitrogens with zero attached hydrogens (tertiary/aromatic N) is 6. The number of fused-ring (bicyclic) bond motifs is 1. The molecule has 0 bridgehead atoms. The average molecular weight is 604 g/mol. The Balaban J connectivity index is 1.43. The summed E-state index contributed by atoms with van der Waals surface area (Å²) < 4.78 is 13.3. The molecule has 3 aromatic rings. The lowest BCUT2D eigenvalue weighted by Gasteiger charge is -2.37. The van der Waals surface area contributed by atoms with E-state index in [1.54, 1.807) is 17.3 Å². The summed E-state index contributed by atoms with van der Waals surface area (Å²) in [5.74, 6) is 1.38. The summed E-state index contributed by atoms with van der Waals surface area (Å²) in [6.07, 6.45) is 9.09. The van der Waals surface area contributed by atoms with E-state index in [9.17, 15) is 9.59 Å². The van der Waals surface area contributed by atoms with Crippen LogP contribution in [0.1, 0.15) is 83.4 Å². The normalized spacial score (nSPS) is 15.9. The van der Waals surface area contributed by atoms with Gasteiger partial charge in [0.15, 0.2) is 5.82 Å². The highest BCUT2D eigenvalue weighted by molar-refractivity contribution is 5.84. The SMILES string of the molecule is C=C(OCCCC)c1c(C)c2cnc(Nc3ncccc3N3CCN(C(=O)OC(C)(C)C)CC3)nc2n(C2CCCC2)c1=O.